The van der Waals surface area contributed by atoms with Gasteiger partial charge in [0.25, 0.3) is 0 Å². The van der Waals surface area contributed by atoms with Crippen LogP contribution in [0.3, 0.4) is 0 Å². The average Bonchev–Trinajstić information content (AvgIpc) is 2.41. The van der Waals surface area contributed by atoms with Crippen LogP contribution in [-0.4, -0.2) is 37.8 Å². The highest BCUT2D eigenvalue weighted by Gasteiger charge is 2.20. The lowest BCUT2D eigenvalue weighted by molar-refractivity contribution is 0.181. The lowest BCUT2D eigenvalue weighted by Crippen LogP contribution is -2.37. The minimum absolute atomic E-state index is 0.0449. The van der Waals surface area contributed by atoms with Crippen LogP contribution in [0.2, 0.25) is 0 Å². The molecule has 0 spiro atoms. The van der Waals surface area contributed by atoms with Gasteiger partial charge in [0.1, 0.15) is 0 Å². The Morgan fingerprint density at radius 3 is 2.60 bits per heavy atom. The van der Waals surface area contributed by atoms with E-state index in [4.69, 9.17) is 4.74 Å². The van der Waals surface area contributed by atoms with Gasteiger partial charge in [0.15, 0.2) is 23.3 Å². The third kappa shape index (κ3) is 4.03. The summed E-state index contributed by atoms with van der Waals surface area (Å²) in [6.07, 6.45) is 0.839. The fourth-order valence-electron chi connectivity index (χ4n) is 2.03. The number of nitrogens with one attached hydrogen (secondary N) is 1. The summed E-state index contributed by atoms with van der Waals surface area (Å²) in [6, 6.07) is 0.833. The van der Waals surface area contributed by atoms with Gasteiger partial charge in [-0.2, -0.15) is 0 Å². The Hall–Kier alpha value is -1.43. The van der Waals surface area contributed by atoms with Crippen molar-refractivity contribution in [2.75, 3.05) is 37.0 Å². The average molecular weight is 287 g/mol. The van der Waals surface area contributed by atoms with Crippen molar-refractivity contribution >= 4 is 11.6 Å². The van der Waals surface area contributed by atoms with Gasteiger partial charge in [-0.1, -0.05) is 6.92 Å². The topological polar surface area (TPSA) is 37.4 Å². The first-order chi connectivity index (χ1) is 9.54. The van der Waals surface area contributed by atoms with Crippen molar-refractivity contribution in [2.45, 2.75) is 33.2 Å². The largest absolute Gasteiger partial charge is 0.383 e. The molecule has 1 heterocycles. The maximum atomic E-state index is 14.0. The number of pyridine rings is 1. The van der Waals surface area contributed by atoms with Crippen LogP contribution >= 0.6 is 0 Å². The smallest absolute Gasteiger partial charge is 0.168 e. The molecule has 114 valence electrons. The second kappa shape index (κ2) is 7.99. The summed E-state index contributed by atoms with van der Waals surface area (Å²) in [7, 11) is 1.59. The van der Waals surface area contributed by atoms with Gasteiger partial charge in [-0.15, -0.1) is 0 Å². The molecule has 20 heavy (non-hydrogen) atoms. The first-order valence-corrected chi connectivity index (χ1v) is 6.90. The van der Waals surface area contributed by atoms with Gasteiger partial charge in [0, 0.05) is 26.3 Å². The summed E-state index contributed by atoms with van der Waals surface area (Å²) in [6.45, 7) is 7.38. The fourth-order valence-corrected chi connectivity index (χ4v) is 2.03. The molecule has 1 aromatic heterocycles. The third-order valence-electron chi connectivity index (χ3n) is 3.01. The Labute approximate surface area is 119 Å². The molecule has 0 aromatic carbocycles. The summed E-state index contributed by atoms with van der Waals surface area (Å²) in [5.41, 5.74) is 0. The van der Waals surface area contributed by atoms with Gasteiger partial charge < -0.3 is 15.0 Å². The first kappa shape index (κ1) is 16.6. The molecule has 1 aromatic rings. The Morgan fingerprint density at radius 1 is 1.35 bits per heavy atom. The van der Waals surface area contributed by atoms with E-state index in [2.05, 4.69) is 10.3 Å². The van der Waals surface area contributed by atoms with Crippen LogP contribution in [-0.2, 0) is 4.74 Å². The summed E-state index contributed by atoms with van der Waals surface area (Å²) in [5.74, 6) is -1.09. The molecule has 4 nitrogen and oxygen atoms in total. The molecule has 0 amide bonds. The van der Waals surface area contributed by atoms with E-state index in [9.17, 15) is 8.78 Å². The summed E-state index contributed by atoms with van der Waals surface area (Å²) < 4.78 is 32.7. The van der Waals surface area contributed by atoms with Crippen molar-refractivity contribution in [3.63, 3.8) is 0 Å². The molecule has 1 unspecified atom stereocenters. The van der Waals surface area contributed by atoms with Crippen molar-refractivity contribution in [1.82, 2.24) is 4.98 Å². The normalized spacial score (nSPS) is 12.3. The van der Waals surface area contributed by atoms with Crippen LogP contribution in [0.4, 0.5) is 20.4 Å². The molecule has 0 bridgehead atoms. The van der Waals surface area contributed by atoms with Crippen molar-refractivity contribution in [2.24, 2.45) is 0 Å². The number of rotatable bonds is 8. The standard InChI is InChI=1S/C14H23F2N3O/c1-5-7-17-13-11(15)8-12(16)14(18-13)19(6-2)10(3)9-20-4/h8,10H,5-7,9H2,1-4H3,(H,17,18). The number of likely N-dealkylation sites (N-methyl/N-ethyl adjacent to an activating group) is 1. The van der Waals surface area contributed by atoms with Crippen LogP contribution < -0.4 is 10.2 Å². The zero-order valence-electron chi connectivity index (χ0n) is 12.5. The SMILES string of the molecule is CCCNc1nc(N(CC)C(C)COC)c(F)cc1F. The number of hydrogen-bond donors (Lipinski definition) is 1. The van der Waals surface area contributed by atoms with E-state index in [1.54, 1.807) is 12.0 Å². The zero-order chi connectivity index (χ0) is 15.1. The Kier molecular flexibility index (Phi) is 6.64. The highest BCUT2D eigenvalue weighted by molar-refractivity contribution is 5.49. The molecule has 0 aliphatic heterocycles. The second-order valence-corrected chi connectivity index (χ2v) is 4.64. The van der Waals surface area contributed by atoms with Crippen LogP contribution in [0.1, 0.15) is 27.2 Å². The van der Waals surface area contributed by atoms with Crippen molar-refractivity contribution in [3.05, 3.63) is 17.7 Å². The maximum Gasteiger partial charge on any atom is 0.168 e. The van der Waals surface area contributed by atoms with E-state index in [0.717, 1.165) is 12.5 Å². The molecule has 0 saturated carbocycles. The molecule has 1 N–H and O–H groups in total. The molecular formula is C14H23F2N3O. The predicted octanol–water partition coefficient (Wildman–Crippen LogP) is 3.04. The first-order valence-electron chi connectivity index (χ1n) is 6.90. The number of hydrogen-bond acceptors (Lipinski definition) is 4. The van der Waals surface area contributed by atoms with Gasteiger partial charge in [0.2, 0.25) is 0 Å². The number of nitrogens with zero attached hydrogens (tertiary/aromatic N) is 2. The number of aromatic nitrogens is 1. The van der Waals surface area contributed by atoms with Crippen molar-refractivity contribution in [1.29, 1.82) is 0 Å². The molecule has 0 radical (unpaired) electrons. The number of ether oxygens (including phenoxy) is 1. The zero-order valence-corrected chi connectivity index (χ0v) is 12.5. The molecule has 0 aliphatic carbocycles. The molecule has 0 fully saturated rings. The van der Waals surface area contributed by atoms with E-state index >= 15 is 0 Å². The number of methoxy groups -OCH3 is 1. The molecule has 0 saturated heterocycles. The Balaban J connectivity index is 3.07. The van der Waals surface area contributed by atoms with Gasteiger partial charge in [-0.25, -0.2) is 13.8 Å². The summed E-state index contributed by atoms with van der Waals surface area (Å²) in [4.78, 5) is 5.85. The van der Waals surface area contributed by atoms with Crippen molar-refractivity contribution < 1.29 is 13.5 Å². The summed E-state index contributed by atoms with van der Waals surface area (Å²) >= 11 is 0. The molecule has 1 rings (SSSR count). The predicted molar refractivity (Wildman–Crippen MR) is 77.3 cm³/mol. The van der Waals surface area contributed by atoms with Gasteiger partial charge in [0.05, 0.1) is 12.6 Å². The second-order valence-electron chi connectivity index (χ2n) is 4.64. The summed E-state index contributed by atoms with van der Waals surface area (Å²) in [5, 5.41) is 2.87. The van der Waals surface area contributed by atoms with Crippen LogP contribution in [0.15, 0.2) is 6.07 Å². The quantitative estimate of drug-likeness (QED) is 0.797. The van der Waals surface area contributed by atoms with Crippen molar-refractivity contribution in [3.8, 4) is 0 Å². The van der Waals surface area contributed by atoms with E-state index in [1.165, 1.54) is 0 Å². The van der Waals surface area contributed by atoms with Crippen LogP contribution in [0.25, 0.3) is 0 Å². The molecule has 6 heteroatoms. The Morgan fingerprint density at radius 2 is 2.05 bits per heavy atom. The molecule has 0 aliphatic rings. The van der Waals surface area contributed by atoms with Crippen LogP contribution in [0.5, 0.6) is 0 Å². The van der Waals surface area contributed by atoms with Crippen LogP contribution in [0, 0.1) is 11.6 Å². The maximum absolute atomic E-state index is 14.0. The molecular weight excluding hydrogens is 264 g/mol. The van der Waals surface area contributed by atoms with Gasteiger partial charge in [-0.3, -0.25) is 0 Å². The highest BCUT2D eigenvalue weighted by atomic mass is 19.1. The molecule has 1 atom stereocenters. The minimum atomic E-state index is -0.671. The lowest BCUT2D eigenvalue weighted by atomic mass is 10.2. The minimum Gasteiger partial charge on any atom is -0.383 e. The van der Waals surface area contributed by atoms with E-state index in [1.807, 2.05) is 20.8 Å². The van der Waals surface area contributed by atoms with E-state index in [-0.39, 0.29) is 17.7 Å². The number of anilines is 2. The monoisotopic (exact) mass is 287 g/mol. The van der Waals surface area contributed by atoms with Gasteiger partial charge >= 0.3 is 0 Å². The lowest BCUT2D eigenvalue weighted by Gasteiger charge is -2.29. The van der Waals surface area contributed by atoms with Gasteiger partial charge in [-0.05, 0) is 20.3 Å². The Bertz CT molecular complexity index is 429. The fraction of sp³-hybridized carbons (Fsp3) is 0.643. The number of halogens is 2. The van der Waals surface area contributed by atoms with E-state index < -0.39 is 11.6 Å². The highest BCUT2D eigenvalue weighted by Crippen LogP contribution is 2.24. The third-order valence-corrected chi connectivity index (χ3v) is 3.01. The van der Waals surface area contributed by atoms with E-state index in [0.29, 0.717) is 19.7 Å².